The third-order valence-corrected chi connectivity index (χ3v) is 10.6. The second kappa shape index (κ2) is 13.0. The van der Waals surface area contributed by atoms with E-state index in [4.69, 9.17) is 15.0 Å². The van der Waals surface area contributed by atoms with Crippen LogP contribution in [0.15, 0.2) is 189 Å². The highest BCUT2D eigenvalue weighted by Crippen LogP contribution is 2.38. The minimum Gasteiger partial charge on any atom is -0.309 e. The van der Waals surface area contributed by atoms with Gasteiger partial charge in [-0.3, -0.25) is 19.5 Å². The molecule has 0 atom stereocenters. The van der Waals surface area contributed by atoms with Crippen molar-refractivity contribution in [3.05, 3.63) is 189 Å². The molecule has 7 nitrogen and oxygen atoms in total. The first-order valence-electron chi connectivity index (χ1n) is 18.5. The quantitative estimate of drug-likeness (QED) is 0.171. The van der Waals surface area contributed by atoms with Gasteiger partial charge in [0, 0.05) is 70.0 Å². The summed E-state index contributed by atoms with van der Waals surface area (Å²) in [5.41, 5.74) is 13.1. The van der Waals surface area contributed by atoms with Crippen molar-refractivity contribution in [2.75, 3.05) is 0 Å². The van der Waals surface area contributed by atoms with Crippen molar-refractivity contribution in [1.82, 2.24) is 34.1 Å². The van der Waals surface area contributed by atoms with Crippen molar-refractivity contribution in [2.45, 2.75) is 0 Å². The first-order valence-corrected chi connectivity index (χ1v) is 18.5. The standard InChI is InChI=1S/C49H31N7/c1-2-10-32(11-3-1)34-24-35(26-37(25-34)55-45-15-6-4-12-38(45)40-30-50-22-19-47(40)55)36-27-43(54-44(28-36)42-14-8-9-21-52-42)33-17-18-49(53-29-33)56-46-16-7-5-13-39(46)41-31-51-23-20-48(41)56/h1-31H. The lowest BCUT2D eigenvalue weighted by atomic mass is 9.96. The average molecular weight is 718 g/mol. The van der Waals surface area contributed by atoms with E-state index in [-0.39, 0.29) is 0 Å². The molecule has 0 aliphatic rings. The molecule has 0 amide bonds. The molecule has 7 heterocycles. The first kappa shape index (κ1) is 31.7. The van der Waals surface area contributed by atoms with E-state index in [1.54, 1.807) is 0 Å². The summed E-state index contributed by atoms with van der Waals surface area (Å²) in [4.78, 5) is 23.9. The molecule has 0 spiro atoms. The molecule has 0 aliphatic heterocycles. The van der Waals surface area contributed by atoms with Crippen LogP contribution >= 0.6 is 0 Å². The zero-order valence-corrected chi connectivity index (χ0v) is 30.0. The van der Waals surface area contributed by atoms with Crippen molar-refractivity contribution in [2.24, 2.45) is 0 Å². The lowest BCUT2D eigenvalue weighted by Gasteiger charge is -2.15. The fourth-order valence-electron chi connectivity index (χ4n) is 8.02. The van der Waals surface area contributed by atoms with Crippen LogP contribution in [0.4, 0.5) is 0 Å². The number of benzene rings is 4. The molecule has 0 saturated heterocycles. The molecule has 0 N–H and O–H groups in total. The van der Waals surface area contributed by atoms with E-state index >= 15 is 0 Å². The smallest absolute Gasteiger partial charge is 0.137 e. The highest BCUT2D eigenvalue weighted by atomic mass is 15.1. The van der Waals surface area contributed by atoms with Gasteiger partial charge in [0.15, 0.2) is 0 Å². The normalized spacial score (nSPS) is 11.6. The zero-order valence-electron chi connectivity index (χ0n) is 30.0. The SMILES string of the molecule is c1ccc(-c2cc(-c3cc(-c4ccc(-n5c6ccccc6c6cnccc65)nc4)nc(-c4ccccn4)c3)cc(-n3c4ccccc4c4cnccc43)c2)cc1. The first-order chi connectivity index (χ1) is 27.8. The molecule has 0 radical (unpaired) electrons. The van der Waals surface area contributed by atoms with Gasteiger partial charge in [0.1, 0.15) is 5.82 Å². The molecule has 56 heavy (non-hydrogen) atoms. The Kier molecular flexibility index (Phi) is 7.35. The molecule has 0 aliphatic carbocycles. The van der Waals surface area contributed by atoms with Crippen molar-refractivity contribution in [3.63, 3.8) is 0 Å². The van der Waals surface area contributed by atoms with E-state index in [0.717, 1.165) is 94.6 Å². The second-order valence-electron chi connectivity index (χ2n) is 13.9. The number of pyridine rings is 5. The van der Waals surface area contributed by atoms with E-state index in [1.807, 2.05) is 61.4 Å². The maximum atomic E-state index is 5.20. The lowest BCUT2D eigenvalue weighted by molar-refractivity contribution is 1.08. The highest BCUT2D eigenvalue weighted by Gasteiger charge is 2.17. The maximum Gasteiger partial charge on any atom is 0.137 e. The fourth-order valence-corrected chi connectivity index (χ4v) is 8.02. The van der Waals surface area contributed by atoms with Gasteiger partial charge >= 0.3 is 0 Å². The van der Waals surface area contributed by atoms with Crippen LogP contribution in [0.3, 0.4) is 0 Å². The Hall–Kier alpha value is -7.77. The number of aromatic nitrogens is 7. The van der Waals surface area contributed by atoms with E-state index in [0.29, 0.717) is 0 Å². The molecule has 11 rings (SSSR count). The van der Waals surface area contributed by atoms with Gasteiger partial charge in [0.25, 0.3) is 0 Å². The van der Waals surface area contributed by atoms with Crippen molar-refractivity contribution >= 4 is 43.6 Å². The Morgan fingerprint density at radius 2 is 0.946 bits per heavy atom. The zero-order chi connectivity index (χ0) is 37.0. The van der Waals surface area contributed by atoms with Crippen LogP contribution in [-0.4, -0.2) is 34.1 Å². The minimum absolute atomic E-state index is 0.784. The van der Waals surface area contributed by atoms with Gasteiger partial charge in [0.05, 0.1) is 39.1 Å². The number of nitrogens with zero attached hydrogens (tertiary/aromatic N) is 7. The molecule has 0 fully saturated rings. The fraction of sp³-hybridized carbons (Fsp3) is 0. The molecule has 0 bridgehead atoms. The molecule has 7 heteroatoms. The van der Waals surface area contributed by atoms with E-state index < -0.39 is 0 Å². The second-order valence-corrected chi connectivity index (χ2v) is 13.9. The highest BCUT2D eigenvalue weighted by molar-refractivity contribution is 6.10. The van der Waals surface area contributed by atoms with Gasteiger partial charge in [0.2, 0.25) is 0 Å². The summed E-state index contributed by atoms with van der Waals surface area (Å²) >= 11 is 0. The maximum absolute atomic E-state index is 5.20. The third-order valence-electron chi connectivity index (χ3n) is 10.6. The van der Waals surface area contributed by atoms with Crippen molar-refractivity contribution in [3.8, 4) is 56.4 Å². The third kappa shape index (κ3) is 5.25. The Morgan fingerprint density at radius 3 is 1.64 bits per heavy atom. The Balaban J connectivity index is 1.11. The van der Waals surface area contributed by atoms with E-state index in [9.17, 15) is 0 Å². The van der Waals surface area contributed by atoms with Gasteiger partial charge in [-0.25, -0.2) is 9.97 Å². The summed E-state index contributed by atoms with van der Waals surface area (Å²) in [5.74, 6) is 0.828. The van der Waals surface area contributed by atoms with E-state index in [2.05, 4.69) is 146 Å². The van der Waals surface area contributed by atoms with Crippen molar-refractivity contribution in [1.29, 1.82) is 0 Å². The minimum atomic E-state index is 0.784. The van der Waals surface area contributed by atoms with Gasteiger partial charge < -0.3 is 4.57 Å². The van der Waals surface area contributed by atoms with Crippen LogP contribution in [0, 0.1) is 0 Å². The van der Waals surface area contributed by atoms with E-state index in [1.165, 1.54) is 5.39 Å². The van der Waals surface area contributed by atoms with Gasteiger partial charge in [-0.05, 0) is 101 Å². The molecule has 262 valence electrons. The molecule has 7 aromatic heterocycles. The summed E-state index contributed by atoms with van der Waals surface area (Å²) < 4.78 is 4.54. The Bertz CT molecular complexity index is 3130. The monoisotopic (exact) mass is 717 g/mol. The van der Waals surface area contributed by atoms with Gasteiger partial charge in [-0.2, -0.15) is 0 Å². The predicted octanol–water partition coefficient (Wildman–Crippen LogP) is 11.5. The molecule has 11 aromatic rings. The van der Waals surface area contributed by atoms with Crippen LogP contribution in [-0.2, 0) is 0 Å². The molecular formula is C49H31N7. The summed E-state index contributed by atoms with van der Waals surface area (Å²) in [6.07, 6.45) is 11.3. The van der Waals surface area contributed by atoms with Crippen LogP contribution in [0.1, 0.15) is 0 Å². The van der Waals surface area contributed by atoms with Crippen molar-refractivity contribution < 1.29 is 0 Å². The summed E-state index contributed by atoms with van der Waals surface area (Å²) in [7, 11) is 0. The number of para-hydroxylation sites is 2. The molecule has 4 aromatic carbocycles. The van der Waals surface area contributed by atoms with Crippen LogP contribution in [0.25, 0.3) is 100 Å². The topological polar surface area (TPSA) is 74.3 Å². The average Bonchev–Trinajstić information content (AvgIpc) is 3.80. The van der Waals surface area contributed by atoms with Crippen LogP contribution < -0.4 is 0 Å². The lowest BCUT2D eigenvalue weighted by Crippen LogP contribution is -1.99. The Morgan fingerprint density at radius 1 is 0.339 bits per heavy atom. The number of fused-ring (bicyclic) bond motifs is 6. The Labute approximate surface area is 321 Å². The molecular weight excluding hydrogens is 687 g/mol. The largest absolute Gasteiger partial charge is 0.309 e. The number of hydrogen-bond acceptors (Lipinski definition) is 5. The number of hydrogen-bond donors (Lipinski definition) is 0. The number of rotatable bonds is 6. The van der Waals surface area contributed by atoms with Crippen LogP contribution in [0.2, 0.25) is 0 Å². The predicted molar refractivity (Wildman–Crippen MR) is 226 cm³/mol. The summed E-state index contributed by atoms with van der Waals surface area (Å²) in [5, 5.41) is 4.52. The van der Waals surface area contributed by atoms with Gasteiger partial charge in [-0.1, -0.05) is 72.8 Å². The summed E-state index contributed by atoms with van der Waals surface area (Å²) in [6, 6.07) is 52.9. The molecule has 0 saturated carbocycles. The summed E-state index contributed by atoms with van der Waals surface area (Å²) in [6.45, 7) is 0. The molecule has 0 unspecified atom stereocenters. The van der Waals surface area contributed by atoms with Gasteiger partial charge in [-0.15, -0.1) is 0 Å². The van der Waals surface area contributed by atoms with Crippen LogP contribution in [0.5, 0.6) is 0 Å².